The molecule has 6 rings (SSSR count). The fourth-order valence-corrected chi connectivity index (χ4v) is 7.03. The van der Waals surface area contributed by atoms with Gasteiger partial charge in [-0.05, 0) is 74.1 Å². The van der Waals surface area contributed by atoms with E-state index in [1.807, 2.05) is 19.1 Å². The number of ether oxygens (including phenoxy) is 2. The Labute approximate surface area is 253 Å². The number of hydrogen-bond donors (Lipinski definition) is 1. The van der Waals surface area contributed by atoms with Crippen LogP contribution in [0.5, 0.6) is 17.2 Å². The molecule has 1 N–H and O–H groups in total. The quantitative estimate of drug-likeness (QED) is 0.272. The number of imide groups is 1. The van der Waals surface area contributed by atoms with Gasteiger partial charge in [-0.15, -0.1) is 0 Å². The lowest BCUT2D eigenvalue weighted by Gasteiger charge is -2.41. The molecule has 3 aliphatic carbocycles. The Morgan fingerprint density at radius 1 is 0.977 bits per heavy atom. The molecule has 1 fully saturated rings. The van der Waals surface area contributed by atoms with Gasteiger partial charge in [0.25, 0.3) is 0 Å². The summed E-state index contributed by atoms with van der Waals surface area (Å²) in [5.74, 6) is -3.07. The molecule has 9 heteroatoms. The second kappa shape index (κ2) is 10.7. The van der Waals surface area contributed by atoms with Crippen molar-refractivity contribution in [1.82, 2.24) is 0 Å². The van der Waals surface area contributed by atoms with E-state index in [4.69, 9.17) is 21.1 Å². The molecule has 0 unspecified atom stereocenters. The van der Waals surface area contributed by atoms with Crippen LogP contribution in [0.1, 0.15) is 30.9 Å². The number of benzene rings is 2. The molecule has 4 aliphatic rings. The summed E-state index contributed by atoms with van der Waals surface area (Å²) in [4.78, 5) is 55.7. The van der Waals surface area contributed by atoms with Crippen LogP contribution < -0.4 is 14.4 Å². The number of phenolic OH excluding ortho intramolecular Hbond substituents is 1. The number of anilines is 1. The van der Waals surface area contributed by atoms with Crippen molar-refractivity contribution in [3.05, 3.63) is 87.0 Å². The van der Waals surface area contributed by atoms with Crippen LogP contribution in [0, 0.1) is 30.6 Å². The highest BCUT2D eigenvalue weighted by atomic mass is 35.5. The molecular weight excluding hydrogens is 570 g/mol. The van der Waals surface area contributed by atoms with Crippen LogP contribution in [0.15, 0.2) is 70.9 Å². The van der Waals surface area contributed by atoms with Crippen molar-refractivity contribution in [2.45, 2.75) is 26.7 Å². The Bertz CT molecular complexity index is 1720. The fraction of sp³-hybridized carbons (Fsp3) is 0.294. The van der Waals surface area contributed by atoms with Gasteiger partial charge < -0.3 is 14.6 Å². The number of fused-ring (bicyclic) bond motifs is 3. The monoisotopic (exact) mass is 599 g/mol. The van der Waals surface area contributed by atoms with Gasteiger partial charge in [0.1, 0.15) is 0 Å². The number of carbonyl (C=O) groups is 4. The molecule has 220 valence electrons. The first-order chi connectivity index (χ1) is 20.5. The number of amides is 2. The fourth-order valence-electron chi connectivity index (χ4n) is 6.85. The number of methoxy groups -OCH3 is 2. The van der Waals surface area contributed by atoms with Gasteiger partial charge in [-0.2, -0.15) is 0 Å². The van der Waals surface area contributed by atoms with Crippen LogP contribution in [-0.2, 0) is 19.2 Å². The Morgan fingerprint density at radius 2 is 1.67 bits per heavy atom. The van der Waals surface area contributed by atoms with E-state index in [9.17, 15) is 24.3 Å². The highest BCUT2D eigenvalue weighted by Crippen LogP contribution is 2.53. The number of hydrogen-bond acceptors (Lipinski definition) is 7. The number of carbonyl (C=O) groups excluding carboxylic acids is 4. The molecule has 1 heterocycles. The van der Waals surface area contributed by atoms with E-state index in [0.717, 1.165) is 11.1 Å². The molecule has 2 aromatic rings. The third-order valence-corrected chi connectivity index (χ3v) is 9.41. The molecule has 0 bridgehead atoms. The first-order valence-corrected chi connectivity index (χ1v) is 14.4. The Balaban J connectivity index is 1.43. The molecular formula is C34H30ClNO7. The van der Waals surface area contributed by atoms with Gasteiger partial charge in [0.05, 0.1) is 31.7 Å². The lowest BCUT2D eigenvalue weighted by Crippen LogP contribution is -2.40. The minimum Gasteiger partial charge on any atom is -0.502 e. The highest BCUT2D eigenvalue weighted by molar-refractivity contribution is 6.32. The number of rotatable bonds is 5. The summed E-state index contributed by atoms with van der Waals surface area (Å²) >= 11 is 6.34. The van der Waals surface area contributed by atoms with Crippen LogP contribution in [0.4, 0.5) is 5.69 Å². The summed E-state index contributed by atoms with van der Waals surface area (Å²) in [6.07, 6.45) is 7.47. The number of phenols is 1. The number of aryl methyl sites for hydroxylation is 1. The summed E-state index contributed by atoms with van der Waals surface area (Å²) in [6.45, 7) is 3.46. The zero-order valence-corrected chi connectivity index (χ0v) is 24.9. The third kappa shape index (κ3) is 4.52. The first kappa shape index (κ1) is 28.7. The summed E-state index contributed by atoms with van der Waals surface area (Å²) in [5.41, 5.74) is 3.87. The van der Waals surface area contributed by atoms with E-state index in [-0.39, 0.29) is 47.1 Å². The van der Waals surface area contributed by atoms with E-state index in [0.29, 0.717) is 39.4 Å². The normalized spacial score (nSPS) is 25.0. The van der Waals surface area contributed by atoms with Gasteiger partial charge in [0.2, 0.25) is 17.6 Å². The van der Waals surface area contributed by atoms with Crippen LogP contribution in [0.2, 0.25) is 5.02 Å². The van der Waals surface area contributed by atoms with Gasteiger partial charge in [-0.3, -0.25) is 19.2 Å². The Kier molecular flexibility index (Phi) is 7.13. The average molecular weight is 600 g/mol. The number of nitrogens with zero attached hydrogens (tertiary/aromatic N) is 1. The molecule has 2 aromatic carbocycles. The zero-order valence-electron chi connectivity index (χ0n) is 24.1. The van der Waals surface area contributed by atoms with E-state index in [1.54, 1.807) is 43.3 Å². The van der Waals surface area contributed by atoms with Crippen molar-refractivity contribution in [3.63, 3.8) is 0 Å². The standard InChI is InChI=1S/C34H30ClNO7/c1-16-5-7-19(14-25(16)35)36-33(40)22-10-9-20-21(8-6-18-12-27(42-3)32(39)28(13-18)43-4)29-24(15-23(20)30(22)34(36)41)31(38)17(2)11-26(29)37/h5-9,11-14,21-23,30,39H,10,15H2,1-4H3/t21-,22-,23+,30-/m0/s1. The van der Waals surface area contributed by atoms with Crippen molar-refractivity contribution in [2.75, 3.05) is 19.1 Å². The predicted molar refractivity (Wildman–Crippen MR) is 161 cm³/mol. The van der Waals surface area contributed by atoms with Crippen LogP contribution in [-0.4, -0.2) is 42.7 Å². The highest BCUT2D eigenvalue weighted by Gasteiger charge is 2.56. The Hall–Kier alpha value is -4.43. The summed E-state index contributed by atoms with van der Waals surface area (Å²) < 4.78 is 10.6. The first-order valence-electron chi connectivity index (χ1n) is 14.0. The second-order valence-electron chi connectivity index (χ2n) is 11.4. The van der Waals surface area contributed by atoms with Gasteiger partial charge >= 0.3 is 0 Å². The number of allylic oxidation sites excluding steroid dienone is 7. The number of halogens is 1. The van der Waals surface area contributed by atoms with Crippen molar-refractivity contribution in [3.8, 4) is 17.2 Å². The van der Waals surface area contributed by atoms with Gasteiger partial charge in [-0.1, -0.05) is 41.5 Å². The van der Waals surface area contributed by atoms with Gasteiger partial charge in [-0.25, -0.2) is 4.90 Å². The summed E-state index contributed by atoms with van der Waals surface area (Å²) in [6, 6.07) is 8.39. The lowest BCUT2D eigenvalue weighted by molar-refractivity contribution is -0.123. The number of ketones is 2. The van der Waals surface area contributed by atoms with E-state index >= 15 is 0 Å². The van der Waals surface area contributed by atoms with E-state index in [1.165, 1.54) is 25.2 Å². The van der Waals surface area contributed by atoms with Gasteiger partial charge in [0.15, 0.2) is 23.1 Å². The van der Waals surface area contributed by atoms with Crippen molar-refractivity contribution in [2.24, 2.45) is 23.7 Å². The molecule has 1 saturated heterocycles. The maximum absolute atomic E-state index is 14.0. The van der Waals surface area contributed by atoms with Crippen LogP contribution >= 0.6 is 11.6 Å². The second-order valence-corrected chi connectivity index (χ2v) is 11.8. The molecule has 0 radical (unpaired) electrons. The molecule has 8 nitrogen and oxygen atoms in total. The molecule has 1 aliphatic heterocycles. The average Bonchev–Trinajstić information content (AvgIpc) is 3.25. The third-order valence-electron chi connectivity index (χ3n) is 9.01. The molecule has 0 saturated carbocycles. The summed E-state index contributed by atoms with van der Waals surface area (Å²) in [5, 5.41) is 10.8. The van der Waals surface area contributed by atoms with Crippen molar-refractivity contribution in [1.29, 1.82) is 0 Å². The smallest absolute Gasteiger partial charge is 0.238 e. The lowest BCUT2D eigenvalue weighted by atomic mass is 9.60. The molecule has 0 aromatic heterocycles. The predicted octanol–water partition coefficient (Wildman–Crippen LogP) is 5.55. The summed E-state index contributed by atoms with van der Waals surface area (Å²) in [7, 11) is 2.87. The van der Waals surface area contributed by atoms with Crippen LogP contribution in [0.3, 0.4) is 0 Å². The molecule has 43 heavy (non-hydrogen) atoms. The Morgan fingerprint density at radius 3 is 2.33 bits per heavy atom. The van der Waals surface area contributed by atoms with Crippen molar-refractivity contribution < 1.29 is 33.8 Å². The van der Waals surface area contributed by atoms with Crippen molar-refractivity contribution >= 4 is 46.7 Å². The number of Topliss-reactive ketones (excluding diaryl/α,β-unsaturated/α-hetero) is 1. The molecule has 2 amide bonds. The van der Waals surface area contributed by atoms with E-state index < -0.39 is 23.7 Å². The van der Waals surface area contributed by atoms with Gasteiger partial charge in [0, 0.05) is 27.7 Å². The van der Waals surface area contributed by atoms with Crippen LogP contribution in [0.25, 0.3) is 6.08 Å². The molecule has 4 atom stereocenters. The zero-order chi connectivity index (χ0) is 30.7. The molecule has 0 spiro atoms. The minimum atomic E-state index is -0.680. The maximum atomic E-state index is 14.0. The largest absolute Gasteiger partial charge is 0.502 e. The SMILES string of the molecule is COc1cc(C=C[C@H]2C3=CC[C@@H]4C(=O)N(c5ccc(C)c(Cl)c5)C(=O)[C@@H]4[C@@H]3CC3=C2C(=O)C=C(C)C3=O)cc(OC)c1O. The minimum absolute atomic E-state index is 0.136. The van der Waals surface area contributed by atoms with E-state index in [2.05, 4.69) is 0 Å². The maximum Gasteiger partial charge on any atom is 0.238 e. The number of aromatic hydroxyl groups is 1. The topological polar surface area (TPSA) is 110 Å².